The summed E-state index contributed by atoms with van der Waals surface area (Å²) >= 11 is 6.30. The molecule has 0 radical (unpaired) electrons. The van der Waals surface area contributed by atoms with Gasteiger partial charge in [-0.25, -0.2) is 4.98 Å². The van der Waals surface area contributed by atoms with Crippen molar-refractivity contribution in [2.45, 2.75) is 0 Å². The third kappa shape index (κ3) is 4.67. The van der Waals surface area contributed by atoms with Crippen LogP contribution in [0.2, 0.25) is 5.02 Å². The highest BCUT2D eigenvalue weighted by atomic mass is 35.5. The Balaban J connectivity index is 1.53. The molecule has 0 unspecified atom stereocenters. The number of benzene rings is 2. The highest BCUT2D eigenvalue weighted by molar-refractivity contribution is 6.30. The van der Waals surface area contributed by atoms with E-state index < -0.39 is 0 Å². The molecule has 5 rings (SSSR count). The van der Waals surface area contributed by atoms with E-state index in [0.717, 1.165) is 51.7 Å². The van der Waals surface area contributed by atoms with Gasteiger partial charge in [0.05, 0.1) is 17.1 Å². The molecule has 0 amide bonds. The van der Waals surface area contributed by atoms with Crippen LogP contribution in [0.5, 0.6) is 5.75 Å². The predicted molar refractivity (Wildman–Crippen MR) is 138 cm³/mol. The zero-order valence-electron chi connectivity index (χ0n) is 19.1. The van der Waals surface area contributed by atoms with E-state index >= 15 is 0 Å². The summed E-state index contributed by atoms with van der Waals surface area (Å²) in [6.45, 7) is 1.53. The minimum atomic E-state index is 0.653. The summed E-state index contributed by atoms with van der Waals surface area (Å²) in [7, 11) is 4.07. The number of hydrogen-bond acceptors (Lipinski definition) is 4. The summed E-state index contributed by atoms with van der Waals surface area (Å²) in [5.74, 6) is 0.854. The quantitative estimate of drug-likeness (QED) is 0.280. The van der Waals surface area contributed by atoms with Crippen molar-refractivity contribution in [2.75, 3.05) is 27.2 Å². The van der Waals surface area contributed by atoms with E-state index in [9.17, 15) is 0 Å². The number of fused-ring (bicyclic) bond motifs is 1. The van der Waals surface area contributed by atoms with E-state index in [0.29, 0.717) is 11.6 Å². The topological polar surface area (TPSA) is 42.7 Å². The molecule has 6 heteroatoms. The minimum absolute atomic E-state index is 0.653. The molecule has 0 saturated carbocycles. The zero-order valence-corrected chi connectivity index (χ0v) is 19.9. The summed E-state index contributed by atoms with van der Waals surface area (Å²) < 4.78 is 7.94. The Hall–Kier alpha value is -3.67. The lowest BCUT2D eigenvalue weighted by atomic mass is 10.0. The van der Waals surface area contributed by atoms with Crippen LogP contribution in [0.4, 0.5) is 0 Å². The van der Waals surface area contributed by atoms with Gasteiger partial charge in [-0.3, -0.25) is 9.38 Å². The Bertz CT molecular complexity index is 1430. The SMILES string of the molecule is CN(C)CCOc1ccc(-c2cc(-c3c(-c4cccc(Cl)c4)nc4ccccn34)ccn2)cc1. The maximum absolute atomic E-state index is 6.30. The fourth-order valence-electron chi connectivity index (χ4n) is 3.91. The highest BCUT2D eigenvalue weighted by Gasteiger charge is 2.17. The number of halogens is 1. The van der Waals surface area contributed by atoms with Crippen LogP contribution in [0.15, 0.2) is 91.3 Å². The molecule has 5 nitrogen and oxygen atoms in total. The molecule has 0 aliphatic heterocycles. The fraction of sp³-hybridized carbons (Fsp3) is 0.143. The smallest absolute Gasteiger partial charge is 0.137 e. The Labute approximate surface area is 204 Å². The van der Waals surface area contributed by atoms with E-state index in [2.05, 4.69) is 20.4 Å². The van der Waals surface area contributed by atoms with Crippen LogP contribution in [0.25, 0.3) is 39.4 Å². The van der Waals surface area contributed by atoms with Gasteiger partial charge in [0.15, 0.2) is 0 Å². The summed E-state index contributed by atoms with van der Waals surface area (Å²) in [6.07, 6.45) is 3.88. The summed E-state index contributed by atoms with van der Waals surface area (Å²) in [5, 5.41) is 0.684. The molecule has 170 valence electrons. The van der Waals surface area contributed by atoms with Gasteiger partial charge in [-0.1, -0.05) is 29.8 Å². The van der Waals surface area contributed by atoms with Crippen LogP contribution in [0.3, 0.4) is 0 Å². The molecular weight excluding hydrogens is 444 g/mol. The maximum Gasteiger partial charge on any atom is 0.137 e. The lowest BCUT2D eigenvalue weighted by Gasteiger charge is -2.11. The van der Waals surface area contributed by atoms with Gasteiger partial charge in [0.25, 0.3) is 0 Å². The number of ether oxygens (including phenoxy) is 1. The lowest BCUT2D eigenvalue weighted by Crippen LogP contribution is -2.19. The van der Waals surface area contributed by atoms with Gasteiger partial charge in [0, 0.05) is 40.7 Å². The summed E-state index contributed by atoms with van der Waals surface area (Å²) in [5.41, 5.74) is 6.69. The summed E-state index contributed by atoms with van der Waals surface area (Å²) in [6, 6.07) is 26.0. The predicted octanol–water partition coefficient (Wildman–Crippen LogP) is 6.32. The fourth-order valence-corrected chi connectivity index (χ4v) is 4.10. The van der Waals surface area contributed by atoms with E-state index in [1.807, 2.05) is 99.3 Å². The zero-order chi connectivity index (χ0) is 23.5. The molecule has 3 heterocycles. The molecule has 34 heavy (non-hydrogen) atoms. The second-order valence-electron chi connectivity index (χ2n) is 8.35. The molecule has 0 saturated heterocycles. The number of pyridine rings is 2. The molecule has 0 aliphatic carbocycles. The normalized spacial score (nSPS) is 11.3. The lowest BCUT2D eigenvalue weighted by molar-refractivity contribution is 0.261. The van der Waals surface area contributed by atoms with Crippen molar-refractivity contribution < 1.29 is 4.74 Å². The van der Waals surface area contributed by atoms with Gasteiger partial charge in [-0.15, -0.1) is 0 Å². The van der Waals surface area contributed by atoms with E-state index in [4.69, 9.17) is 21.3 Å². The first-order chi connectivity index (χ1) is 16.6. The van der Waals surface area contributed by atoms with Crippen LogP contribution < -0.4 is 4.74 Å². The van der Waals surface area contributed by atoms with Gasteiger partial charge >= 0.3 is 0 Å². The number of hydrogen-bond donors (Lipinski definition) is 0. The number of aromatic nitrogens is 3. The van der Waals surface area contributed by atoms with Gasteiger partial charge in [-0.2, -0.15) is 0 Å². The van der Waals surface area contributed by atoms with E-state index in [1.165, 1.54) is 0 Å². The average molecular weight is 469 g/mol. The van der Waals surface area contributed by atoms with Crippen molar-refractivity contribution in [3.05, 3.63) is 96.3 Å². The van der Waals surface area contributed by atoms with E-state index in [-0.39, 0.29) is 0 Å². The second kappa shape index (κ2) is 9.67. The molecule has 0 N–H and O–H groups in total. The third-order valence-electron chi connectivity index (χ3n) is 5.62. The van der Waals surface area contributed by atoms with Gasteiger partial charge in [0.2, 0.25) is 0 Å². The number of likely N-dealkylation sites (N-methyl/N-ethyl adjacent to an activating group) is 1. The van der Waals surface area contributed by atoms with Gasteiger partial charge in [-0.05, 0) is 74.8 Å². The molecule has 0 spiro atoms. The molecule has 0 fully saturated rings. The highest BCUT2D eigenvalue weighted by Crippen LogP contribution is 2.35. The molecule has 3 aromatic heterocycles. The average Bonchev–Trinajstić information content (AvgIpc) is 3.24. The van der Waals surface area contributed by atoms with Crippen molar-refractivity contribution >= 4 is 17.2 Å². The van der Waals surface area contributed by atoms with Crippen molar-refractivity contribution in [1.29, 1.82) is 0 Å². The van der Waals surface area contributed by atoms with Crippen LogP contribution >= 0.6 is 11.6 Å². The molecule has 0 atom stereocenters. The number of imidazole rings is 1. The van der Waals surface area contributed by atoms with Crippen molar-refractivity contribution in [1.82, 2.24) is 19.3 Å². The molecular formula is C28H25ClN4O. The minimum Gasteiger partial charge on any atom is -0.492 e. The van der Waals surface area contributed by atoms with Crippen LogP contribution in [0, 0.1) is 0 Å². The Kier molecular flexibility index (Phi) is 6.30. The second-order valence-corrected chi connectivity index (χ2v) is 8.79. The first-order valence-electron chi connectivity index (χ1n) is 11.2. The van der Waals surface area contributed by atoms with Crippen molar-refractivity contribution in [2.24, 2.45) is 0 Å². The first-order valence-corrected chi connectivity index (χ1v) is 11.5. The standard InChI is InChI=1S/C28H25ClN4O/c1-32(2)16-17-34-24-11-9-20(10-12-24)25-19-22(13-14-30-25)28-27(21-6-5-7-23(29)18-21)31-26-8-3-4-15-33(26)28/h3-15,18-19H,16-17H2,1-2H3. The summed E-state index contributed by atoms with van der Waals surface area (Å²) in [4.78, 5) is 11.7. The Morgan fingerprint density at radius 2 is 1.74 bits per heavy atom. The largest absolute Gasteiger partial charge is 0.492 e. The molecule has 2 aromatic carbocycles. The van der Waals surface area contributed by atoms with Crippen LogP contribution in [-0.2, 0) is 0 Å². The number of rotatable bonds is 7. The monoisotopic (exact) mass is 468 g/mol. The van der Waals surface area contributed by atoms with Crippen molar-refractivity contribution in [3.8, 4) is 39.5 Å². The van der Waals surface area contributed by atoms with Crippen LogP contribution in [0.1, 0.15) is 0 Å². The Morgan fingerprint density at radius 1 is 0.882 bits per heavy atom. The maximum atomic E-state index is 6.30. The molecule has 0 bridgehead atoms. The first kappa shape index (κ1) is 22.1. The third-order valence-corrected chi connectivity index (χ3v) is 5.85. The van der Waals surface area contributed by atoms with E-state index in [1.54, 1.807) is 0 Å². The van der Waals surface area contributed by atoms with Crippen LogP contribution in [-0.4, -0.2) is 46.5 Å². The number of nitrogens with zero attached hydrogens (tertiary/aromatic N) is 4. The molecule has 0 aliphatic rings. The van der Waals surface area contributed by atoms with Gasteiger partial charge < -0.3 is 9.64 Å². The Morgan fingerprint density at radius 3 is 2.53 bits per heavy atom. The molecule has 5 aromatic rings. The van der Waals surface area contributed by atoms with Crippen molar-refractivity contribution in [3.63, 3.8) is 0 Å². The van der Waals surface area contributed by atoms with Gasteiger partial charge in [0.1, 0.15) is 18.0 Å².